The number of anilines is 1. The second-order valence-corrected chi connectivity index (χ2v) is 10.2. The average Bonchev–Trinajstić information content (AvgIpc) is 2.82. The number of benzene rings is 3. The van der Waals surface area contributed by atoms with Crippen molar-refractivity contribution in [2.24, 2.45) is 0 Å². The van der Waals surface area contributed by atoms with E-state index in [1.807, 2.05) is 48.5 Å². The first-order valence-corrected chi connectivity index (χ1v) is 12.9. The monoisotopic (exact) mass is 464 g/mol. The van der Waals surface area contributed by atoms with E-state index in [-0.39, 0.29) is 18.5 Å². The van der Waals surface area contributed by atoms with Gasteiger partial charge in [0.25, 0.3) is 0 Å². The molecular formula is C26H28N2O4S. The third-order valence-electron chi connectivity index (χ3n) is 5.77. The summed E-state index contributed by atoms with van der Waals surface area (Å²) in [5, 5.41) is 3.03. The summed E-state index contributed by atoms with van der Waals surface area (Å²) in [5.41, 5.74) is 3.81. The van der Waals surface area contributed by atoms with Crippen LogP contribution in [0, 0.1) is 0 Å². The zero-order valence-corrected chi connectivity index (χ0v) is 19.4. The molecule has 6 nitrogen and oxygen atoms in total. The predicted octanol–water partition coefficient (Wildman–Crippen LogP) is 4.23. The van der Waals surface area contributed by atoms with Crippen LogP contribution >= 0.6 is 0 Å². The van der Waals surface area contributed by atoms with Crippen LogP contribution in [0.3, 0.4) is 0 Å². The van der Waals surface area contributed by atoms with Crippen molar-refractivity contribution < 1.29 is 17.9 Å². The second kappa shape index (κ2) is 10.1. The van der Waals surface area contributed by atoms with Crippen LogP contribution < -0.4 is 14.4 Å². The van der Waals surface area contributed by atoms with Gasteiger partial charge in [0.2, 0.25) is 15.9 Å². The first-order valence-electron chi connectivity index (χ1n) is 11.0. The average molecular weight is 465 g/mol. The number of amides is 1. The van der Waals surface area contributed by atoms with E-state index in [1.165, 1.54) is 5.56 Å². The molecule has 0 saturated heterocycles. The second-order valence-electron chi connectivity index (χ2n) is 8.25. The molecule has 7 heteroatoms. The number of hydrogen-bond acceptors (Lipinski definition) is 4. The summed E-state index contributed by atoms with van der Waals surface area (Å²) in [5.74, 6) is 0.297. The molecule has 0 spiro atoms. The Morgan fingerprint density at radius 3 is 2.42 bits per heavy atom. The van der Waals surface area contributed by atoms with Crippen LogP contribution in [0.5, 0.6) is 5.75 Å². The normalized spacial score (nSPS) is 15.4. The topological polar surface area (TPSA) is 75.7 Å². The zero-order valence-electron chi connectivity index (χ0n) is 18.6. The van der Waals surface area contributed by atoms with Crippen molar-refractivity contribution in [3.05, 3.63) is 95.6 Å². The number of ether oxygens (including phenoxy) is 1. The standard InChI is InChI=1S/C26H28N2O4S/c1-33(30,31)28(18-26(29)27-25-13-7-11-21-10-5-6-12-24(21)25)22-14-16-23(17-15-22)32-19-20-8-3-2-4-9-20/h2-6,8-10,12,14-17,25H,7,11,13,18-19H2,1H3,(H,27,29). The van der Waals surface area contributed by atoms with Gasteiger partial charge in [0.05, 0.1) is 18.0 Å². The summed E-state index contributed by atoms with van der Waals surface area (Å²) in [6.45, 7) is 0.142. The van der Waals surface area contributed by atoms with E-state index in [1.54, 1.807) is 24.3 Å². The maximum atomic E-state index is 12.8. The fourth-order valence-electron chi connectivity index (χ4n) is 4.12. The zero-order chi connectivity index (χ0) is 23.3. The minimum absolute atomic E-state index is 0.0994. The fraction of sp³-hybridized carbons (Fsp3) is 0.269. The van der Waals surface area contributed by atoms with Crippen LogP contribution in [0.2, 0.25) is 0 Å². The molecule has 1 aliphatic rings. The lowest BCUT2D eigenvalue weighted by molar-refractivity contribution is -0.120. The first-order chi connectivity index (χ1) is 15.9. The Hall–Kier alpha value is -3.32. The minimum Gasteiger partial charge on any atom is -0.489 e. The molecule has 3 aromatic rings. The van der Waals surface area contributed by atoms with Gasteiger partial charge in [-0.25, -0.2) is 8.42 Å². The summed E-state index contributed by atoms with van der Waals surface area (Å²) in [6.07, 6.45) is 3.93. The van der Waals surface area contributed by atoms with Crippen molar-refractivity contribution >= 4 is 21.6 Å². The van der Waals surface area contributed by atoms with Crippen molar-refractivity contribution in [1.82, 2.24) is 5.32 Å². The largest absolute Gasteiger partial charge is 0.489 e. The molecule has 0 saturated carbocycles. The van der Waals surface area contributed by atoms with Crippen molar-refractivity contribution in [2.45, 2.75) is 31.9 Å². The molecule has 0 bridgehead atoms. The van der Waals surface area contributed by atoms with E-state index in [4.69, 9.17) is 4.74 Å². The number of hydrogen-bond donors (Lipinski definition) is 1. The Kier molecular flexibility index (Phi) is 6.99. The summed E-state index contributed by atoms with van der Waals surface area (Å²) in [4.78, 5) is 12.8. The Labute approximate surface area is 195 Å². The molecule has 1 amide bonds. The lowest BCUT2D eigenvalue weighted by Crippen LogP contribution is -2.42. The van der Waals surface area contributed by atoms with Gasteiger partial charge in [0, 0.05) is 0 Å². The Bertz CT molecular complexity index is 1190. The molecule has 172 valence electrons. The number of carbonyl (C=O) groups excluding carboxylic acids is 1. The maximum Gasteiger partial charge on any atom is 0.241 e. The van der Waals surface area contributed by atoms with Crippen LogP contribution in [0.15, 0.2) is 78.9 Å². The van der Waals surface area contributed by atoms with E-state index < -0.39 is 10.0 Å². The molecule has 0 aromatic heterocycles. The molecular weight excluding hydrogens is 436 g/mol. The molecule has 0 radical (unpaired) electrons. The summed E-state index contributed by atoms with van der Waals surface area (Å²) < 4.78 is 31.8. The molecule has 1 atom stereocenters. The quantitative estimate of drug-likeness (QED) is 0.541. The highest BCUT2D eigenvalue weighted by Crippen LogP contribution is 2.29. The third-order valence-corrected chi connectivity index (χ3v) is 6.91. The number of fused-ring (bicyclic) bond motifs is 1. The molecule has 1 aliphatic carbocycles. The van der Waals surface area contributed by atoms with E-state index in [0.29, 0.717) is 18.0 Å². The van der Waals surface area contributed by atoms with Crippen molar-refractivity contribution in [3.8, 4) is 5.75 Å². The van der Waals surface area contributed by atoms with Gasteiger partial charge >= 0.3 is 0 Å². The maximum absolute atomic E-state index is 12.8. The van der Waals surface area contributed by atoms with E-state index in [0.717, 1.165) is 41.0 Å². The number of nitrogens with zero attached hydrogens (tertiary/aromatic N) is 1. The van der Waals surface area contributed by atoms with Crippen LogP contribution in [-0.2, 0) is 27.8 Å². The molecule has 0 fully saturated rings. The van der Waals surface area contributed by atoms with Crippen molar-refractivity contribution in [2.75, 3.05) is 17.1 Å². The summed E-state index contributed by atoms with van der Waals surface area (Å²) >= 11 is 0. The minimum atomic E-state index is -3.65. The molecule has 33 heavy (non-hydrogen) atoms. The third kappa shape index (κ3) is 5.93. The lowest BCUT2D eigenvalue weighted by Gasteiger charge is -2.28. The predicted molar refractivity (Wildman–Crippen MR) is 130 cm³/mol. The molecule has 0 aliphatic heterocycles. The van der Waals surface area contributed by atoms with E-state index in [2.05, 4.69) is 11.4 Å². The Balaban J connectivity index is 1.43. The summed E-state index contributed by atoms with van der Waals surface area (Å²) in [6, 6.07) is 24.5. The highest BCUT2D eigenvalue weighted by Gasteiger charge is 2.25. The van der Waals surface area contributed by atoms with Gasteiger partial charge in [-0.2, -0.15) is 0 Å². The number of nitrogens with one attached hydrogen (secondary N) is 1. The highest BCUT2D eigenvalue weighted by molar-refractivity contribution is 7.92. The molecule has 0 heterocycles. The first kappa shape index (κ1) is 22.9. The van der Waals surface area contributed by atoms with Gasteiger partial charge in [0.1, 0.15) is 18.9 Å². The van der Waals surface area contributed by atoms with Gasteiger partial charge in [-0.15, -0.1) is 0 Å². The number of carbonyl (C=O) groups is 1. The van der Waals surface area contributed by atoms with Crippen LogP contribution in [-0.4, -0.2) is 27.1 Å². The van der Waals surface area contributed by atoms with E-state index >= 15 is 0 Å². The lowest BCUT2D eigenvalue weighted by atomic mass is 9.88. The van der Waals surface area contributed by atoms with Crippen LogP contribution in [0.4, 0.5) is 5.69 Å². The molecule has 1 unspecified atom stereocenters. The van der Waals surface area contributed by atoms with Gasteiger partial charge in [-0.3, -0.25) is 9.10 Å². The van der Waals surface area contributed by atoms with Gasteiger partial charge in [-0.05, 0) is 60.2 Å². The SMILES string of the molecule is CS(=O)(=O)N(CC(=O)NC1CCCc2ccccc21)c1ccc(OCc2ccccc2)cc1. The smallest absolute Gasteiger partial charge is 0.241 e. The van der Waals surface area contributed by atoms with Gasteiger partial charge < -0.3 is 10.1 Å². The highest BCUT2D eigenvalue weighted by atomic mass is 32.2. The van der Waals surface area contributed by atoms with E-state index in [9.17, 15) is 13.2 Å². The van der Waals surface area contributed by atoms with Crippen molar-refractivity contribution in [3.63, 3.8) is 0 Å². The van der Waals surface area contributed by atoms with Gasteiger partial charge in [0.15, 0.2) is 0 Å². The number of rotatable bonds is 8. The molecule has 1 N–H and O–H groups in total. The molecule has 3 aromatic carbocycles. The Morgan fingerprint density at radius 1 is 1.00 bits per heavy atom. The summed E-state index contributed by atoms with van der Waals surface area (Å²) in [7, 11) is -3.65. The van der Waals surface area contributed by atoms with Crippen LogP contribution in [0.1, 0.15) is 35.6 Å². The Morgan fingerprint density at radius 2 is 1.70 bits per heavy atom. The molecule has 4 rings (SSSR count). The van der Waals surface area contributed by atoms with Gasteiger partial charge in [-0.1, -0.05) is 54.6 Å². The fourth-order valence-corrected chi connectivity index (χ4v) is 4.98. The number of aryl methyl sites for hydroxylation is 1. The van der Waals surface area contributed by atoms with Crippen molar-refractivity contribution in [1.29, 1.82) is 0 Å². The number of sulfonamides is 1. The van der Waals surface area contributed by atoms with Crippen LogP contribution in [0.25, 0.3) is 0 Å².